The molecule has 1 aromatic carbocycles. The largest absolute Gasteiger partial charge is 0.489 e. The number of amides is 1. The fraction of sp³-hybridized carbons (Fsp3) is 0.400. The lowest BCUT2D eigenvalue weighted by Crippen LogP contribution is -2.43. The molecule has 3 unspecified atom stereocenters. The molecule has 0 aliphatic carbocycles. The van der Waals surface area contributed by atoms with Gasteiger partial charge in [-0.05, 0) is 25.8 Å². The molecular formula is C25H27N5O5. The molecule has 2 aliphatic rings. The van der Waals surface area contributed by atoms with E-state index in [1.54, 1.807) is 37.3 Å². The number of aromatic nitrogens is 2. The van der Waals surface area contributed by atoms with Crippen molar-refractivity contribution in [3.63, 3.8) is 0 Å². The minimum absolute atomic E-state index is 0.0991. The van der Waals surface area contributed by atoms with E-state index < -0.39 is 23.3 Å². The Morgan fingerprint density at radius 1 is 1.37 bits per heavy atom. The average Bonchev–Trinajstić information content (AvgIpc) is 2.87. The first-order chi connectivity index (χ1) is 17.0. The van der Waals surface area contributed by atoms with Crippen LogP contribution >= 0.6 is 0 Å². The molecule has 4 rings (SSSR count). The zero-order chi connectivity index (χ0) is 24.9. The van der Waals surface area contributed by atoms with Gasteiger partial charge in [-0.3, -0.25) is 19.4 Å². The molecule has 10 heteroatoms. The van der Waals surface area contributed by atoms with E-state index in [0.29, 0.717) is 37.4 Å². The van der Waals surface area contributed by atoms with E-state index >= 15 is 0 Å². The number of hydrogen-bond acceptors (Lipinski definition) is 8. The van der Waals surface area contributed by atoms with Crippen molar-refractivity contribution in [3.8, 4) is 11.8 Å². The first kappa shape index (κ1) is 24.0. The molecule has 3 atom stereocenters. The number of anilines is 2. The third-order valence-electron chi connectivity index (χ3n) is 6.20. The van der Waals surface area contributed by atoms with Crippen molar-refractivity contribution in [1.82, 2.24) is 9.97 Å². The Balaban J connectivity index is 1.75. The number of nitriles is 1. The van der Waals surface area contributed by atoms with E-state index in [0.717, 1.165) is 6.42 Å². The Kier molecular flexibility index (Phi) is 7.15. The second kappa shape index (κ2) is 10.4. The highest BCUT2D eigenvalue weighted by atomic mass is 16.5. The molecule has 1 aromatic heterocycles. The number of nitrogens with zero attached hydrogens (tertiary/aromatic N) is 3. The summed E-state index contributed by atoms with van der Waals surface area (Å²) in [7, 11) is 0. The predicted octanol–water partition coefficient (Wildman–Crippen LogP) is 2.34. The maximum absolute atomic E-state index is 13.4. The van der Waals surface area contributed by atoms with E-state index in [1.165, 1.54) is 0 Å². The van der Waals surface area contributed by atoms with Gasteiger partial charge in [-0.25, -0.2) is 0 Å². The third-order valence-corrected chi connectivity index (χ3v) is 6.20. The standard InChI is InChI=1S/C25H27N5O5/c1-3-12-35-18-10-6-5-9-16(18)19-17(13-26)22(31)27-21-20(19)23(32)29-25(28-21)30-11-7-8-15(14-30)24(33)34-4-2/h3,5-6,9-10,15,17,19H,1,4,7-8,11-12,14H2,2H3,(H2,27,28,29,31,32). The lowest BCUT2D eigenvalue weighted by Gasteiger charge is -2.33. The summed E-state index contributed by atoms with van der Waals surface area (Å²) in [6.07, 6.45) is 3.00. The van der Waals surface area contributed by atoms with Crippen LogP contribution in [0.5, 0.6) is 5.75 Å². The van der Waals surface area contributed by atoms with Crippen molar-refractivity contribution in [3.05, 3.63) is 58.4 Å². The second-order valence-electron chi connectivity index (χ2n) is 8.40. The van der Waals surface area contributed by atoms with Crippen LogP contribution in [-0.4, -0.2) is 48.1 Å². The predicted molar refractivity (Wildman–Crippen MR) is 128 cm³/mol. The molecule has 2 aromatic rings. The minimum Gasteiger partial charge on any atom is -0.489 e. The molecule has 1 fully saturated rings. The van der Waals surface area contributed by atoms with Crippen molar-refractivity contribution < 1.29 is 19.1 Å². The zero-order valence-corrected chi connectivity index (χ0v) is 19.5. The monoisotopic (exact) mass is 477 g/mol. The average molecular weight is 478 g/mol. The number of hydrogen-bond donors (Lipinski definition) is 2. The number of H-pyrrole nitrogens is 1. The summed E-state index contributed by atoms with van der Waals surface area (Å²) >= 11 is 0. The van der Waals surface area contributed by atoms with Gasteiger partial charge in [-0.1, -0.05) is 30.9 Å². The molecule has 35 heavy (non-hydrogen) atoms. The summed E-state index contributed by atoms with van der Waals surface area (Å²) in [4.78, 5) is 47.7. The summed E-state index contributed by atoms with van der Waals surface area (Å²) < 4.78 is 10.9. The highest BCUT2D eigenvalue weighted by Crippen LogP contribution is 2.41. The summed E-state index contributed by atoms with van der Waals surface area (Å²) in [6, 6.07) is 9.02. The van der Waals surface area contributed by atoms with Gasteiger partial charge in [-0.15, -0.1) is 0 Å². The molecule has 0 radical (unpaired) electrons. The topological polar surface area (TPSA) is 137 Å². The van der Waals surface area contributed by atoms with Crippen molar-refractivity contribution >= 4 is 23.6 Å². The van der Waals surface area contributed by atoms with Crippen LogP contribution in [-0.2, 0) is 14.3 Å². The van der Waals surface area contributed by atoms with Crippen molar-refractivity contribution in [2.45, 2.75) is 25.7 Å². The van der Waals surface area contributed by atoms with Gasteiger partial charge in [-0.2, -0.15) is 10.2 Å². The van der Waals surface area contributed by atoms with Crippen molar-refractivity contribution in [2.24, 2.45) is 11.8 Å². The Bertz CT molecular complexity index is 1230. The molecule has 0 saturated carbocycles. The van der Waals surface area contributed by atoms with E-state index in [4.69, 9.17) is 9.47 Å². The van der Waals surface area contributed by atoms with Crippen LogP contribution in [0, 0.1) is 23.2 Å². The number of esters is 1. The van der Waals surface area contributed by atoms with Gasteiger partial charge >= 0.3 is 5.97 Å². The van der Waals surface area contributed by atoms with Crippen LogP contribution in [0.2, 0.25) is 0 Å². The van der Waals surface area contributed by atoms with Gasteiger partial charge in [0.25, 0.3) is 5.56 Å². The maximum Gasteiger partial charge on any atom is 0.310 e. The molecule has 10 nitrogen and oxygen atoms in total. The van der Waals surface area contributed by atoms with Gasteiger partial charge in [0, 0.05) is 24.6 Å². The summed E-state index contributed by atoms with van der Waals surface area (Å²) in [6.45, 7) is 6.87. The van der Waals surface area contributed by atoms with E-state index in [-0.39, 0.29) is 35.8 Å². The molecular weight excluding hydrogens is 450 g/mol. The van der Waals surface area contributed by atoms with Gasteiger partial charge in [0.2, 0.25) is 11.9 Å². The minimum atomic E-state index is -1.15. The number of fused-ring (bicyclic) bond motifs is 1. The molecule has 1 saturated heterocycles. The van der Waals surface area contributed by atoms with Crippen LogP contribution in [0.15, 0.2) is 41.7 Å². The number of carbonyl (C=O) groups is 2. The number of carbonyl (C=O) groups excluding carboxylic acids is 2. The third kappa shape index (κ3) is 4.75. The summed E-state index contributed by atoms with van der Waals surface area (Å²) in [5.74, 6) is -2.36. The van der Waals surface area contributed by atoms with Crippen LogP contribution in [0.1, 0.15) is 36.8 Å². The molecule has 2 N–H and O–H groups in total. The van der Waals surface area contributed by atoms with Crippen LogP contribution < -0.4 is 20.5 Å². The van der Waals surface area contributed by atoms with E-state index in [1.807, 2.05) is 11.0 Å². The van der Waals surface area contributed by atoms with Crippen LogP contribution in [0.25, 0.3) is 0 Å². The molecule has 1 amide bonds. The van der Waals surface area contributed by atoms with Gasteiger partial charge in [0.1, 0.15) is 24.1 Å². The quantitative estimate of drug-likeness (QED) is 0.458. The van der Waals surface area contributed by atoms with Gasteiger partial charge < -0.3 is 19.7 Å². The summed E-state index contributed by atoms with van der Waals surface area (Å²) in [5.41, 5.74) is 0.262. The number of piperidine rings is 1. The van der Waals surface area contributed by atoms with Gasteiger partial charge in [0.15, 0.2) is 0 Å². The highest BCUT2D eigenvalue weighted by Gasteiger charge is 2.42. The SMILES string of the molecule is C=CCOc1ccccc1C1c2c(nc(N3CCCC(C(=O)OCC)C3)[nH]c2=O)NC(=O)C1C#N. The van der Waals surface area contributed by atoms with Crippen LogP contribution in [0.4, 0.5) is 11.8 Å². The molecule has 0 spiro atoms. The Labute approximate surface area is 202 Å². The number of para-hydroxylation sites is 1. The van der Waals surface area contributed by atoms with E-state index in [2.05, 4.69) is 21.9 Å². The molecule has 3 heterocycles. The normalized spacial score (nSPS) is 21.3. The summed E-state index contributed by atoms with van der Waals surface area (Å²) in [5, 5.41) is 12.4. The first-order valence-electron chi connectivity index (χ1n) is 11.6. The Morgan fingerprint density at radius 2 is 2.17 bits per heavy atom. The number of nitrogens with one attached hydrogen (secondary N) is 2. The fourth-order valence-electron chi connectivity index (χ4n) is 4.62. The number of ether oxygens (including phenoxy) is 2. The Morgan fingerprint density at radius 3 is 2.91 bits per heavy atom. The second-order valence-corrected chi connectivity index (χ2v) is 8.40. The lowest BCUT2D eigenvalue weighted by molar-refractivity contribution is -0.148. The van der Waals surface area contributed by atoms with Gasteiger partial charge in [0.05, 0.1) is 24.2 Å². The molecule has 182 valence electrons. The fourth-order valence-corrected chi connectivity index (χ4v) is 4.62. The number of aromatic amines is 1. The number of rotatable bonds is 7. The maximum atomic E-state index is 13.4. The Hall–Kier alpha value is -4.13. The molecule has 2 aliphatic heterocycles. The smallest absolute Gasteiger partial charge is 0.310 e. The van der Waals surface area contributed by atoms with Crippen LogP contribution in [0.3, 0.4) is 0 Å². The highest BCUT2D eigenvalue weighted by molar-refractivity contribution is 5.98. The lowest BCUT2D eigenvalue weighted by atomic mass is 9.79. The number of benzene rings is 1. The van der Waals surface area contributed by atoms with Crippen molar-refractivity contribution in [1.29, 1.82) is 5.26 Å². The molecule has 0 bridgehead atoms. The van der Waals surface area contributed by atoms with E-state index in [9.17, 15) is 19.6 Å². The van der Waals surface area contributed by atoms with Crippen molar-refractivity contribution in [2.75, 3.05) is 36.5 Å². The first-order valence-corrected chi connectivity index (χ1v) is 11.6. The zero-order valence-electron chi connectivity index (χ0n) is 19.5.